The Bertz CT molecular complexity index is 547. The minimum Gasteiger partial charge on any atom is -0.352 e. The lowest BCUT2D eigenvalue weighted by molar-refractivity contribution is 0.249. The van der Waals surface area contributed by atoms with Crippen LogP contribution in [0.15, 0.2) is 17.2 Å². The molecule has 114 valence electrons. The summed E-state index contributed by atoms with van der Waals surface area (Å²) in [6, 6.07) is 1.97. The zero-order valence-electron chi connectivity index (χ0n) is 12.6. The Morgan fingerprint density at radius 3 is 2.70 bits per heavy atom. The van der Waals surface area contributed by atoms with Gasteiger partial charge in [-0.15, -0.1) is 0 Å². The van der Waals surface area contributed by atoms with Crippen LogP contribution in [0, 0.1) is 0 Å². The lowest BCUT2D eigenvalue weighted by Crippen LogP contribution is -2.41. The standard InChI is InChI=1S/C14H25N3O2S/c1-4-8-15-10-13-9-14(11-16(13)2)20(18,19)17(3)12-6-5-7-12/h9,11-12,15H,4-8,10H2,1-3H3. The second kappa shape index (κ2) is 6.28. The molecule has 1 aliphatic carbocycles. The van der Waals surface area contributed by atoms with Crippen LogP contribution in [-0.4, -0.2) is 36.9 Å². The first-order valence-corrected chi connectivity index (χ1v) is 8.74. The first kappa shape index (κ1) is 15.5. The van der Waals surface area contributed by atoms with Crippen LogP contribution in [0.25, 0.3) is 0 Å². The van der Waals surface area contributed by atoms with E-state index in [0.717, 1.165) is 37.9 Å². The van der Waals surface area contributed by atoms with Crippen LogP contribution in [0.2, 0.25) is 0 Å². The Morgan fingerprint density at radius 2 is 2.15 bits per heavy atom. The summed E-state index contributed by atoms with van der Waals surface area (Å²) in [5.74, 6) is 0. The van der Waals surface area contributed by atoms with Gasteiger partial charge in [-0.3, -0.25) is 0 Å². The molecule has 6 heteroatoms. The van der Waals surface area contributed by atoms with E-state index in [0.29, 0.717) is 11.4 Å². The van der Waals surface area contributed by atoms with E-state index in [1.54, 1.807) is 19.3 Å². The van der Waals surface area contributed by atoms with Crippen molar-refractivity contribution in [3.8, 4) is 0 Å². The number of aromatic nitrogens is 1. The van der Waals surface area contributed by atoms with Gasteiger partial charge in [0.1, 0.15) is 4.90 Å². The fourth-order valence-electron chi connectivity index (χ4n) is 2.40. The second-order valence-corrected chi connectivity index (χ2v) is 7.56. The third-order valence-electron chi connectivity index (χ3n) is 4.08. The zero-order chi connectivity index (χ0) is 14.8. The van der Waals surface area contributed by atoms with Gasteiger partial charge >= 0.3 is 0 Å². The first-order valence-electron chi connectivity index (χ1n) is 7.30. The molecule has 1 aromatic heterocycles. The summed E-state index contributed by atoms with van der Waals surface area (Å²) in [5.41, 5.74) is 0.999. The van der Waals surface area contributed by atoms with E-state index in [4.69, 9.17) is 0 Å². The SMILES string of the molecule is CCCNCc1cc(S(=O)(=O)N(C)C2CCC2)cn1C. The molecule has 0 amide bonds. The van der Waals surface area contributed by atoms with Gasteiger partial charge in [0.25, 0.3) is 0 Å². The molecule has 0 bridgehead atoms. The molecule has 1 fully saturated rings. The van der Waals surface area contributed by atoms with Crippen LogP contribution in [0.4, 0.5) is 0 Å². The maximum absolute atomic E-state index is 12.6. The van der Waals surface area contributed by atoms with E-state index in [9.17, 15) is 8.42 Å². The molecule has 1 N–H and O–H groups in total. The van der Waals surface area contributed by atoms with E-state index in [2.05, 4.69) is 12.2 Å². The van der Waals surface area contributed by atoms with Crippen molar-refractivity contribution < 1.29 is 8.42 Å². The van der Waals surface area contributed by atoms with Crippen LogP contribution in [-0.2, 0) is 23.6 Å². The Morgan fingerprint density at radius 1 is 1.45 bits per heavy atom. The minimum atomic E-state index is -3.35. The molecule has 2 rings (SSSR count). The van der Waals surface area contributed by atoms with Crippen LogP contribution in [0.3, 0.4) is 0 Å². The minimum absolute atomic E-state index is 0.182. The summed E-state index contributed by atoms with van der Waals surface area (Å²) < 4.78 is 28.5. The van der Waals surface area contributed by atoms with Crippen molar-refractivity contribution in [3.05, 3.63) is 18.0 Å². The highest BCUT2D eigenvalue weighted by Crippen LogP contribution is 2.28. The summed E-state index contributed by atoms with van der Waals surface area (Å²) in [4.78, 5) is 0.405. The monoisotopic (exact) mass is 299 g/mol. The number of nitrogens with one attached hydrogen (secondary N) is 1. The fourth-order valence-corrected chi connectivity index (χ4v) is 3.91. The molecule has 0 aromatic carbocycles. The number of rotatable bonds is 7. The Labute approximate surface area is 122 Å². The van der Waals surface area contributed by atoms with Crippen molar-refractivity contribution >= 4 is 10.0 Å². The van der Waals surface area contributed by atoms with Gasteiger partial charge in [-0.05, 0) is 31.9 Å². The van der Waals surface area contributed by atoms with Gasteiger partial charge in [0, 0.05) is 38.6 Å². The summed E-state index contributed by atoms with van der Waals surface area (Å²) in [7, 11) is 0.243. The van der Waals surface area contributed by atoms with Gasteiger partial charge < -0.3 is 9.88 Å². The average molecular weight is 299 g/mol. The smallest absolute Gasteiger partial charge is 0.244 e. The zero-order valence-corrected chi connectivity index (χ0v) is 13.4. The molecule has 0 atom stereocenters. The average Bonchev–Trinajstić information content (AvgIpc) is 2.70. The molecular formula is C14H25N3O2S. The van der Waals surface area contributed by atoms with E-state index in [1.807, 2.05) is 11.6 Å². The lowest BCUT2D eigenvalue weighted by atomic mass is 9.94. The summed E-state index contributed by atoms with van der Waals surface area (Å²) in [5, 5.41) is 3.30. The first-order chi connectivity index (χ1) is 9.46. The highest BCUT2D eigenvalue weighted by molar-refractivity contribution is 7.89. The molecular weight excluding hydrogens is 274 g/mol. The fraction of sp³-hybridized carbons (Fsp3) is 0.714. The maximum Gasteiger partial charge on any atom is 0.244 e. The Hall–Kier alpha value is -0.850. The van der Waals surface area contributed by atoms with Crippen molar-refractivity contribution in [1.82, 2.24) is 14.2 Å². The number of sulfonamides is 1. The number of nitrogens with zero attached hydrogens (tertiary/aromatic N) is 2. The van der Waals surface area contributed by atoms with Crippen LogP contribution < -0.4 is 5.32 Å². The maximum atomic E-state index is 12.6. The molecule has 0 unspecified atom stereocenters. The molecule has 0 aliphatic heterocycles. The lowest BCUT2D eigenvalue weighted by Gasteiger charge is -2.33. The Balaban J connectivity index is 2.13. The summed E-state index contributed by atoms with van der Waals surface area (Å²) in [6.07, 6.45) is 5.87. The van der Waals surface area contributed by atoms with Crippen molar-refractivity contribution in [1.29, 1.82) is 0 Å². The highest BCUT2D eigenvalue weighted by atomic mass is 32.2. The van der Waals surface area contributed by atoms with Gasteiger partial charge in [0.05, 0.1) is 0 Å². The second-order valence-electron chi connectivity index (χ2n) is 5.56. The van der Waals surface area contributed by atoms with Crippen molar-refractivity contribution in [3.63, 3.8) is 0 Å². The number of hydrogen-bond donors (Lipinski definition) is 1. The highest BCUT2D eigenvalue weighted by Gasteiger charge is 2.32. The quantitative estimate of drug-likeness (QED) is 0.780. The molecule has 0 saturated heterocycles. The third-order valence-corrected chi connectivity index (χ3v) is 5.96. The molecule has 1 heterocycles. The van der Waals surface area contributed by atoms with Crippen molar-refractivity contribution in [2.45, 2.75) is 50.1 Å². The van der Waals surface area contributed by atoms with Gasteiger partial charge in [0.2, 0.25) is 10.0 Å². The topological polar surface area (TPSA) is 54.3 Å². The van der Waals surface area contributed by atoms with Crippen LogP contribution in [0.1, 0.15) is 38.3 Å². The predicted octanol–water partition coefficient (Wildman–Crippen LogP) is 1.70. The molecule has 1 aliphatic rings. The summed E-state index contributed by atoms with van der Waals surface area (Å²) >= 11 is 0. The van der Waals surface area contributed by atoms with Gasteiger partial charge in [-0.25, -0.2) is 8.42 Å². The molecule has 5 nitrogen and oxygen atoms in total. The predicted molar refractivity (Wildman–Crippen MR) is 80.0 cm³/mol. The molecule has 0 radical (unpaired) electrons. The molecule has 20 heavy (non-hydrogen) atoms. The largest absolute Gasteiger partial charge is 0.352 e. The van der Waals surface area contributed by atoms with E-state index in [-0.39, 0.29) is 6.04 Å². The van der Waals surface area contributed by atoms with Gasteiger partial charge in [0.15, 0.2) is 0 Å². The molecule has 1 aromatic rings. The number of aryl methyl sites for hydroxylation is 1. The van der Waals surface area contributed by atoms with Crippen LogP contribution in [0.5, 0.6) is 0 Å². The van der Waals surface area contributed by atoms with Gasteiger partial charge in [-0.1, -0.05) is 13.3 Å². The van der Waals surface area contributed by atoms with E-state index >= 15 is 0 Å². The van der Waals surface area contributed by atoms with E-state index in [1.165, 1.54) is 4.31 Å². The summed E-state index contributed by atoms with van der Waals surface area (Å²) in [6.45, 7) is 3.75. The third kappa shape index (κ3) is 3.07. The van der Waals surface area contributed by atoms with Crippen LogP contribution >= 0.6 is 0 Å². The molecule has 1 saturated carbocycles. The Kier molecular flexibility index (Phi) is 4.88. The van der Waals surface area contributed by atoms with Gasteiger partial charge in [-0.2, -0.15) is 4.31 Å². The normalized spacial score (nSPS) is 16.6. The van der Waals surface area contributed by atoms with Crippen molar-refractivity contribution in [2.75, 3.05) is 13.6 Å². The number of hydrogen-bond acceptors (Lipinski definition) is 3. The van der Waals surface area contributed by atoms with Crippen molar-refractivity contribution in [2.24, 2.45) is 7.05 Å². The van der Waals surface area contributed by atoms with E-state index < -0.39 is 10.0 Å². The molecule has 0 spiro atoms.